The number of aryl methyl sites for hydroxylation is 1. The largest absolute Gasteiger partial charge is 0.268 e. The quantitative estimate of drug-likeness (QED) is 0.671. The Kier molecular flexibility index (Phi) is 4.12. The highest BCUT2D eigenvalue weighted by Crippen LogP contribution is 2.24. The molecule has 0 bridgehead atoms. The second-order valence-electron chi connectivity index (χ2n) is 4.87. The molecule has 4 heteroatoms. The number of benzene rings is 2. The Morgan fingerprint density at radius 2 is 1.76 bits per heavy atom. The van der Waals surface area contributed by atoms with Gasteiger partial charge in [0, 0.05) is 13.2 Å². The van der Waals surface area contributed by atoms with E-state index in [1.165, 1.54) is 17.4 Å². The summed E-state index contributed by atoms with van der Waals surface area (Å²) >= 11 is 0. The summed E-state index contributed by atoms with van der Waals surface area (Å²) in [5.74, 6) is -0.216. The maximum atomic E-state index is 13.0. The Bertz CT molecular complexity index is 720. The first kappa shape index (κ1) is 14.0. The molecule has 3 rings (SSSR count). The molecule has 21 heavy (non-hydrogen) atoms. The third kappa shape index (κ3) is 3.37. The molecule has 0 fully saturated rings. The van der Waals surface area contributed by atoms with Crippen LogP contribution in [-0.2, 0) is 13.2 Å². The van der Waals surface area contributed by atoms with Crippen LogP contribution in [0.3, 0.4) is 0 Å². The first-order chi connectivity index (χ1) is 10.2. The Balaban J connectivity index is 1.76. The van der Waals surface area contributed by atoms with Gasteiger partial charge in [-0.15, -0.1) is 0 Å². The average Bonchev–Trinajstić information content (AvgIpc) is 2.88. The molecule has 2 nitrogen and oxygen atoms in total. The lowest BCUT2D eigenvalue weighted by Gasteiger charge is -2.00. The van der Waals surface area contributed by atoms with E-state index in [1.54, 1.807) is 12.1 Å². The van der Waals surface area contributed by atoms with Crippen molar-refractivity contribution in [3.8, 4) is 11.3 Å². The fourth-order valence-corrected chi connectivity index (χ4v) is 3.24. The van der Waals surface area contributed by atoms with E-state index in [4.69, 9.17) is 0 Å². The van der Waals surface area contributed by atoms with Crippen molar-refractivity contribution in [3.63, 3.8) is 0 Å². The maximum Gasteiger partial charge on any atom is 0.123 e. The van der Waals surface area contributed by atoms with Gasteiger partial charge >= 0.3 is 0 Å². The van der Waals surface area contributed by atoms with Gasteiger partial charge in [0.05, 0.1) is 11.4 Å². The summed E-state index contributed by atoms with van der Waals surface area (Å²) in [6, 6.07) is 19.1. The predicted molar refractivity (Wildman–Crippen MR) is 86.7 cm³/mol. The van der Waals surface area contributed by atoms with E-state index in [9.17, 15) is 4.39 Å². The Hall–Kier alpha value is -1.99. The number of halogens is 1. The van der Waals surface area contributed by atoms with Gasteiger partial charge in [-0.3, -0.25) is 4.68 Å². The Morgan fingerprint density at radius 1 is 1.05 bits per heavy atom. The van der Waals surface area contributed by atoms with Crippen LogP contribution in [0, 0.1) is 5.82 Å². The lowest BCUT2D eigenvalue weighted by molar-refractivity contribution is 0.628. The van der Waals surface area contributed by atoms with Crippen molar-refractivity contribution < 1.29 is 4.39 Å². The highest BCUT2D eigenvalue weighted by atomic mass is 31.1. The molecule has 1 atom stereocenters. The smallest absolute Gasteiger partial charge is 0.123 e. The third-order valence-corrected chi connectivity index (χ3v) is 4.60. The normalized spacial score (nSPS) is 11.3. The van der Waals surface area contributed by atoms with Crippen LogP contribution in [0.25, 0.3) is 11.3 Å². The van der Waals surface area contributed by atoms with Crippen molar-refractivity contribution in [3.05, 3.63) is 72.2 Å². The van der Waals surface area contributed by atoms with E-state index in [-0.39, 0.29) is 5.82 Å². The number of aromatic nitrogens is 2. The van der Waals surface area contributed by atoms with Crippen LogP contribution in [0.1, 0.15) is 5.69 Å². The lowest BCUT2D eigenvalue weighted by atomic mass is 10.1. The highest BCUT2D eigenvalue weighted by Gasteiger charge is 2.07. The van der Waals surface area contributed by atoms with Crippen molar-refractivity contribution in [2.45, 2.75) is 6.16 Å². The molecule has 1 heterocycles. The topological polar surface area (TPSA) is 17.8 Å². The lowest BCUT2D eigenvalue weighted by Crippen LogP contribution is -1.95. The van der Waals surface area contributed by atoms with Crippen molar-refractivity contribution in [2.75, 3.05) is 0 Å². The van der Waals surface area contributed by atoms with Crippen LogP contribution in [0.15, 0.2) is 60.7 Å². The van der Waals surface area contributed by atoms with Gasteiger partial charge in [-0.05, 0) is 41.2 Å². The molecular formula is C17H16FN2P. The predicted octanol–water partition coefficient (Wildman–Crippen LogP) is 3.73. The molecule has 106 valence electrons. The van der Waals surface area contributed by atoms with Crippen molar-refractivity contribution in [1.82, 2.24) is 9.78 Å². The average molecular weight is 298 g/mol. The van der Waals surface area contributed by atoms with Crippen LogP contribution < -0.4 is 5.30 Å². The third-order valence-electron chi connectivity index (χ3n) is 3.32. The van der Waals surface area contributed by atoms with Crippen LogP contribution in [0.5, 0.6) is 0 Å². The molecule has 0 radical (unpaired) electrons. The van der Waals surface area contributed by atoms with Gasteiger partial charge in [0.2, 0.25) is 0 Å². The van der Waals surface area contributed by atoms with E-state index in [0.29, 0.717) is 8.58 Å². The number of rotatable bonds is 4. The summed E-state index contributed by atoms with van der Waals surface area (Å²) in [6.45, 7) is 0. The summed E-state index contributed by atoms with van der Waals surface area (Å²) in [5.41, 5.74) is 3.07. The van der Waals surface area contributed by atoms with Crippen molar-refractivity contribution >= 4 is 13.9 Å². The summed E-state index contributed by atoms with van der Waals surface area (Å²) in [5, 5.41) is 5.89. The standard InChI is InChI=1S/C17H16FN2P/c1-20-17(13-7-9-14(18)10-8-13)11-15(19-20)12-21-16-5-3-2-4-6-16/h2-11,21H,12H2,1H3. The maximum absolute atomic E-state index is 13.0. The molecular weight excluding hydrogens is 282 g/mol. The summed E-state index contributed by atoms with van der Waals surface area (Å²) in [7, 11) is 2.64. The molecule has 2 aromatic carbocycles. The molecule has 0 saturated carbocycles. The molecule has 0 aliphatic heterocycles. The number of hydrogen-bond donors (Lipinski definition) is 0. The molecule has 1 aromatic heterocycles. The second-order valence-corrected chi connectivity index (χ2v) is 6.16. The fraction of sp³-hybridized carbons (Fsp3) is 0.118. The summed E-state index contributed by atoms with van der Waals surface area (Å²) in [4.78, 5) is 0. The van der Waals surface area contributed by atoms with Crippen molar-refractivity contribution in [2.24, 2.45) is 7.05 Å². The zero-order valence-corrected chi connectivity index (χ0v) is 12.8. The molecule has 0 spiro atoms. The molecule has 0 aliphatic carbocycles. The first-order valence-corrected chi connectivity index (χ1v) is 8.01. The number of nitrogens with zero attached hydrogens (tertiary/aromatic N) is 2. The highest BCUT2D eigenvalue weighted by molar-refractivity contribution is 7.46. The van der Waals surface area contributed by atoms with E-state index in [0.717, 1.165) is 23.1 Å². The van der Waals surface area contributed by atoms with Gasteiger partial charge in [-0.1, -0.05) is 38.9 Å². The molecule has 0 saturated heterocycles. The van der Waals surface area contributed by atoms with Gasteiger partial charge in [0.1, 0.15) is 5.82 Å². The monoisotopic (exact) mass is 298 g/mol. The minimum Gasteiger partial charge on any atom is -0.268 e. The zero-order chi connectivity index (χ0) is 14.7. The van der Waals surface area contributed by atoms with E-state index in [1.807, 2.05) is 17.8 Å². The molecule has 0 N–H and O–H groups in total. The van der Waals surface area contributed by atoms with Crippen LogP contribution in [0.2, 0.25) is 0 Å². The SMILES string of the molecule is Cn1nc(CPc2ccccc2)cc1-c1ccc(F)cc1. The van der Waals surface area contributed by atoms with E-state index < -0.39 is 0 Å². The minimum atomic E-state index is -0.216. The fourth-order valence-electron chi connectivity index (χ4n) is 2.25. The zero-order valence-electron chi connectivity index (χ0n) is 11.8. The van der Waals surface area contributed by atoms with Gasteiger partial charge < -0.3 is 0 Å². The van der Waals surface area contributed by atoms with Crippen LogP contribution in [-0.4, -0.2) is 9.78 Å². The second kappa shape index (κ2) is 6.19. The molecule has 3 aromatic rings. The van der Waals surface area contributed by atoms with E-state index >= 15 is 0 Å². The van der Waals surface area contributed by atoms with Crippen molar-refractivity contribution in [1.29, 1.82) is 0 Å². The van der Waals surface area contributed by atoms with Gasteiger partial charge in [0.15, 0.2) is 0 Å². The first-order valence-electron chi connectivity index (χ1n) is 6.80. The Labute approximate surface area is 125 Å². The molecule has 0 amide bonds. The number of hydrogen-bond acceptors (Lipinski definition) is 1. The van der Waals surface area contributed by atoms with Gasteiger partial charge in [0.25, 0.3) is 0 Å². The van der Waals surface area contributed by atoms with Crippen LogP contribution in [0.4, 0.5) is 4.39 Å². The van der Waals surface area contributed by atoms with Gasteiger partial charge in [-0.25, -0.2) is 4.39 Å². The van der Waals surface area contributed by atoms with E-state index in [2.05, 4.69) is 35.4 Å². The summed E-state index contributed by atoms with van der Waals surface area (Å²) < 4.78 is 14.9. The minimum absolute atomic E-state index is 0.216. The Morgan fingerprint density at radius 3 is 2.48 bits per heavy atom. The molecule has 1 unspecified atom stereocenters. The summed E-state index contributed by atoms with van der Waals surface area (Å²) in [6.07, 6.45) is 0.930. The van der Waals surface area contributed by atoms with Crippen LogP contribution >= 0.6 is 8.58 Å². The molecule has 0 aliphatic rings. The van der Waals surface area contributed by atoms with Gasteiger partial charge in [-0.2, -0.15) is 5.10 Å².